The van der Waals surface area contributed by atoms with Crippen molar-refractivity contribution in [3.63, 3.8) is 0 Å². The van der Waals surface area contributed by atoms with Crippen molar-refractivity contribution in [1.29, 1.82) is 0 Å². The summed E-state index contributed by atoms with van der Waals surface area (Å²) in [5.74, 6) is 1.71. The number of benzene rings is 3. The summed E-state index contributed by atoms with van der Waals surface area (Å²) in [4.78, 5) is 24.7. The topological polar surface area (TPSA) is 104 Å². The van der Waals surface area contributed by atoms with Crippen molar-refractivity contribution in [2.45, 2.75) is 24.4 Å². The minimum Gasteiger partial charge on any atom is -0.484 e. The molecule has 4 atom stereocenters. The van der Waals surface area contributed by atoms with Crippen LogP contribution in [-0.4, -0.2) is 56.2 Å². The van der Waals surface area contributed by atoms with Crippen molar-refractivity contribution in [3.05, 3.63) is 84.9 Å². The molecule has 9 heteroatoms. The van der Waals surface area contributed by atoms with Gasteiger partial charge in [-0.1, -0.05) is 36.4 Å². The van der Waals surface area contributed by atoms with E-state index in [-0.39, 0.29) is 31.8 Å². The first-order chi connectivity index (χ1) is 17.6. The molecule has 2 fully saturated rings. The smallest absolute Gasteiger partial charge is 0.412 e. The number of carbonyl (C=O) groups is 2. The van der Waals surface area contributed by atoms with Gasteiger partial charge in [-0.2, -0.15) is 0 Å². The fourth-order valence-electron chi connectivity index (χ4n) is 4.12. The van der Waals surface area contributed by atoms with Crippen LogP contribution in [0.2, 0.25) is 0 Å². The molecule has 0 saturated carbocycles. The van der Waals surface area contributed by atoms with Gasteiger partial charge in [-0.25, -0.2) is 4.79 Å². The van der Waals surface area contributed by atoms with Crippen LogP contribution in [0.15, 0.2) is 84.9 Å². The van der Waals surface area contributed by atoms with Gasteiger partial charge in [-0.05, 0) is 48.5 Å². The van der Waals surface area contributed by atoms with Gasteiger partial charge in [-0.15, -0.1) is 0 Å². The van der Waals surface area contributed by atoms with Crippen molar-refractivity contribution in [2.24, 2.45) is 0 Å². The van der Waals surface area contributed by atoms with E-state index in [2.05, 4.69) is 10.6 Å². The van der Waals surface area contributed by atoms with Gasteiger partial charge in [-0.3, -0.25) is 10.1 Å². The molecule has 3 aromatic carbocycles. The lowest BCUT2D eigenvalue weighted by atomic mass is 10.1. The molecule has 2 N–H and O–H groups in total. The highest BCUT2D eigenvalue weighted by molar-refractivity contribution is 5.84. The van der Waals surface area contributed by atoms with E-state index in [1.54, 1.807) is 36.4 Å². The van der Waals surface area contributed by atoms with Crippen LogP contribution in [0.25, 0.3) is 0 Å². The average molecular weight is 491 g/mol. The van der Waals surface area contributed by atoms with Gasteiger partial charge in [0.25, 0.3) is 5.91 Å². The number of ether oxygens (including phenoxy) is 5. The summed E-state index contributed by atoms with van der Waals surface area (Å²) in [6.07, 6.45) is -2.07. The predicted octanol–water partition coefficient (Wildman–Crippen LogP) is 3.76. The van der Waals surface area contributed by atoms with Crippen LogP contribution in [0.4, 0.5) is 10.5 Å². The van der Waals surface area contributed by atoms with E-state index < -0.39 is 24.4 Å². The normalized spacial score (nSPS) is 22.3. The Hall–Kier alpha value is -4.08. The van der Waals surface area contributed by atoms with Crippen LogP contribution in [0.5, 0.6) is 17.2 Å². The molecule has 0 unspecified atom stereocenters. The number of hydrogen-bond donors (Lipinski definition) is 2. The molecule has 3 aromatic rings. The molecule has 2 aliphatic heterocycles. The number of hydrogen-bond acceptors (Lipinski definition) is 7. The van der Waals surface area contributed by atoms with Crippen molar-refractivity contribution in [2.75, 3.05) is 25.1 Å². The van der Waals surface area contributed by atoms with Crippen molar-refractivity contribution in [1.82, 2.24) is 5.32 Å². The Bertz CT molecular complexity index is 1160. The van der Waals surface area contributed by atoms with Crippen LogP contribution in [-0.2, 0) is 19.0 Å². The van der Waals surface area contributed by atoms with E-state index in [9.17, 15) is 9.59 Å². The Balaban J connectivity index is 1.07. The highest BCUT2D eigenvalue weighted by Gasteiger charge is 2.50. The van der Waals surface area contributed by atoms with Gasteiger partial charge in [0, 0.05) is 5.69 Å². The standard InChI is InChI=1S/C27H26N2O7/c30-24(17-32-19-7-3-1-4-8-19)29-22-15-33-26-23(16-34-25(22)26)36-27(31)28-18-11-13-21(14-12-18)35-20-9-5-2-6-10-20/h1-14,22-23,25-26H,15-17H2,(H,28,31)(H,29,30)/t22-,23+,25+,26+/m0/s1. The lowest BCUT2D eigenvalue weighted by molar-refractivity contribution is -0.124. The lowest BCUT2D eigenvalue weighted by Gasteiger charge is -2.18. The van der Waals surface area contributed by atoms with Crippen molar-refractivity contribution < 1.29 is 33.3 Å². The molecule has 9 nitrogen and oxygen atoms in total. The zero-order valence-electron chi connectivity index (χ0n) is 19.4. The summed E-state index contributed by atoms with van der Waals surface area (Å²) in [7, 11) is 0. The van der Waals surface area contributed by atoms with Gasteiger partial charge in [0.2, 0.25) is 0 Å². The van der Waals surface area contributed by atoms with E-state index >= 15 is 0 Å². The highest BCUT2D eigenvalue weighted by Crippen LogP contribution is 2.29. The average Bonchev–Trinajstić information content (AvgIpc) is 3.48. The Kier molecular flexibility index (Phi) is 7.30. The second-order valence-corrected chi connectivity index (χ2v) is 8.38. The Morgan fingerprint density at radius 1 is 0.778 bits per heavy atom. The molecule has 2 saturated heterocycles. The molecule has 0 aromatic heterocycles. The zero-order chi connectivity index (χ0) is 24.7. The molecule has 2 aliphatic rings. The van der Waals surface area contributed by atoms with Crippen LogP contribution in [0.3, 0.4) is 0 Å². The number of fused-ring (bicyclic) bond motifs is 1. The molecular formula is C27H26N2O7. The second kappa shape index (κ2) is 11.1. The van der Waals surface area contributed by atoms with Gasteiger partial charge >= 0.3 is 6.09 Å². The molecule has 2 heterocycles. The molecule has 2 amide bonds. The number of anilines is 1. The minimum atomic E-state index is -0.617. The fraction of sp³-hybridized carbons (Fsp3) is 0.259. The first-order valence-electron chi connectivity index (χ1n) is 11.6. The molecule has 186 valence electrons. The van der Waals surface area contributed by atoms with E-state index in [4.69, 9.17) is 23.7 Å². The van der Waals surface area contributed by atoms with E-state index in [1.165, 1.54) is 0 Å². The number of nitrogens with one attached hydrogen (secondary N) is 2. The summed E-state index contributed by atoms with van der Waals surface area (Å²) in [6.45, 7) is 0.325. The van der Waals surface area contributed by atoms with E-state index in [0.29, 0.717) is 17.2 Å². The van der Waals surface area contributed by atoms with E-state index in [1.807, 2.05) is 48.5 Å². The molecule has 36 heavy (non-hydrogen) atoms. The van der Waals surface area contributed by atoms with Crippen molar-refractivity contribution >= 4 is 17.7 Å². The third-order valence-corrected chi connectivity index (χ3v) is 5.81. The Morgan fingerprint density at radius 3 is 2.14 bits per heavy atom. The summed E-state index contributed by atoms with van der Waals surface area (Å²) in [6, 6.07) is 25.1. The Morgan fingerprint density at radius 2 is 1.42 bits per heavy atom. The summed E-state index contributed by atoms with van der Waals surface area (Å²) in [5.41, 5.74) is 0.562. The molecular weight excluding hydrogens is 464 g/mol. The SMILES string of the molecule is O=C(COc1ccccc1)N[C@H]1CO[C@H]2[C@@H]1OC[C@H]2OC(=O)Nc1ccc(Oc2ccccc2)cc1. The van der Waals surface area contributed by atoms with Crippen LogP contribution in [0, 0.1) is 0 Å². The third kappa shape index (κ3) is 5.94. The number of amides is 2. The first-order valence-corrected chi connectivity index (χ1v) is 11.6. The number of rotatable bonds is 8. The molecule has 0 spiro atoms. The first kappa shape index (κ1) is 23.7. The quantitative estimate of drug-likeness (QED) is 0.496. The number of para-hydroxylation sites is 2. The summed E-state index contributed by atoms with van der Waals surface area (Å²) < 4.78 is 28.4. The van der Waals surface area contributed by atoms with E-state index in [0.717, 1.165) is 5.75 Å². The van der Waals surface area contributed by atoms with Gasteiger partial charge < -0.3 is 29.0 Å². The van der Waals surface area contributed by atoms with Gasteiger partial charge in [0.05, 0.1) is 19.3 Å². The predicted molar refractivity (Wildman–Crippen MR) is 130 cm³/mol. The van der Waals surface area contributed by atoms with Crippen molar-refractivity contribution in [3.8, 4) is 17.2 Å². The molecule has 0 aliphatic carbocycles. The molecule has 0 bridgehead atoms. The minimum absolute atomic E-state index is 0.116. The van der Waals surface area contributed by atoms with Crippen LogP contribution < -0.4 is 20.1 Å². The molecule has 0 radical (unpaired) electrons. The maximum atomic E-state index is 12.5. The second-order valence-electron chi connectivity index (χ2n) is 8.38. The monoisotopic (exact) mass is 490 g/mol. The molecule has 5 rings (SSSR count). The van der Waals surface area contributed by atoms with Crippen LogP contribution in [0.1, 0.15) is 0 Å². The maximum Gasteiger partial charge on any atom is 0.412 e. The maximum absolute atomic E-state index is 12.5. The Labute approximate surface area is 208 Å². The van der Waals surface area contributed by atoms with Gasteiger partial charge in [0.15, 0.2) is 12.7 Å². The van der Waals surface area contributed by atoms with Gasteiger partial charge in [0.1, 0.15) is 29.5 Å². The summed E-state index contributed by atoms with van der Waals surface area (Å²) in [5, 5.41) is 5.58. The third-order valence-electron chi connectivity index (χ3n) is 5.81. The zero-order valence-corrected chi connectivity index (χ0v) is 19.4. The summed E-state index contributed by atoms with van der Waals surface area (Å²) >= 11 is 0. The van der Waals surface area contributed by atoms with Crippen LogP contribution >= 0.6 is 0 Å². The highest BCUT2D eigenvalue weighted by atomic mass is 16.6. The fourth-order valence-corrected chi connectivity index (χ4v) is 4.12. The largest absolute Gasteiger partial charge is 0.484 e. The number of carbonyl (C=O) groups excluding carboxylic acids is 2. The lowest BCUT2D eigenvalue weighted by Crippen LogP contribution is -2.46.